The Hall–Kier alpha value is -2.65. The van der Waals surface area contributed by atoms with Crippen molar-refractivity contribution in [3.8, 4) is 11.4 Å². The van der Waals surface area contributed by atoms with Gasteiger partial charge in [-0.05, 0) is 48.9 Å². The van der Waals surface area contributed by atoms with Gasteiger partial charge < -0.3 is 24.8 Å². The number of aliphatic hydroxyl groups is 2. The zero-order chi connectivity index (χ0) is 24.8. The van der Waals surface area contributed by atoms with Crippen molar-refractivity contribution in [1.29, 1.82) is 0 Å². The first kappa shape index (κ1) is 22.8. The molecule has 35 heavy (non-hydrogen) atoms. The molecule has 0 radical (unpaired) electrons. The summed E-state index contributed by atoms with van der Waals surface area (Å²) in [6, 6.07) is 3.57. The largest absolute Gasteiger partial charge is 0.380 e. The summed E-state index contributed by atoms with van der Waals surface area (Å²) in [7, 11) is 0. The van der Waals surface area contributed by atoms with Crippen LogP contribution < -0.4 is 10.9 Å². The number of nitrogens with one attached hydrogen (secondary N) is 1. The molecule has 4 heterocycles. The highest BCUT2D eigenvalue weighted by Gasteiger charge is 2.45. The first-order valence-corrected chi connectivity index (χ1v) is 12.4. The lowest BCUT2D eigenvalue weighted by Crippen LogP contribution is -2.47. The number of aryl methyl sites for hydroxylation is 1. The van der Waals surface area contributed by atoms with E-state index in [0.717, 1.165) is 34.9 Å². The molecular weight excluding hydrogens is 449 g/mol. The SMILES string of the molecule is CC[C@]1(O)c2cc3n(c(=O)c2COC1O)Cc1c-3nc2cc(F)c(C)c3c2c1[C@@H](NC(C)C)CC3. The van der Waals surface area contributed by atoms with Crippen molar-refractivity contribution in [2.75, 3.05) is 0 Å². The highest BCUT2D eigenvalue weighted by atomic mass is 19.1. The molecule has 2 aliphatic heterocycles. The fourth-order valence-corrected chi connectivity index (χ4v) is 6.24. The standard InChI is InChI=1S/C27H30FN3O4/c1-5-27(34)17-8-21-24-15(10-31(21)25(32)16(17)11-35-26(27)33)23-19(29-12(2)3)7-6-14-13(4)18(28)9-20(30-24)22(14)23/h8-9,12,19,26,29,33-34H,5-7,10-11H2,1-4H3/t19-,26?,27-/m0/s1. The number of nitrogens with zero attached hydrogens (tertiary/aromatic N) is 2. The van der Waals surface area contributed by atoms with Gasteiger partial charge in [0.1, 0.15) is 11.4 Å². The van der Waals surface area contributed by atoms with E-state index in [1.165, 1.54) is 6.07 Å². The number of aromatic nitrogens is 2. The molecule has 3 atom stereocenters. The summed E-state index contributed by atoms with van der Waals surface area (Å²) in [5.74, 6) is -0.275. The molecular formula is C27H30FN3O4. The van der Waals surface area contributed by atoms with Crippen LogP contribution in [-0.2, 0) is 29.9 Å². The van der Waals surface area contributed by atoms with E-state index in [9.17, 15) is 19.4 Å². The Labute approximate surface area is 202 Å². The van der Waals surface area contributed by atoms with Gasteiger partial charge in [0.2, 0.25) is 0 Å². The summed E-state index contributed by atoms with van der Waals surface area (Å²) < 4.78 is 21.9. The van der Waals surface area contributed by atoms with E-state index in [-0.39, 0.29) is 36.5 Å². The van der Waals surface area contributed by atoms with Gasteiger partial charge in [0.15, 0.2) is 6.29 Å². The molecule has 1 aromatic carbocycles. The molecule has 0 fully saturated rings. The van der Waals surface area contributed by atoms with Crippen molar-refractivity contribution in [2.24, 2.45) is 0 Å². The van der Waals surface area contributed by atoms with E-state index in [1.54, 1.807) is 17.6 Å². The van der Waals surface area contributed by atoms with Crippen molar-refractivity contribution >= 4 is 10.9 Å². The van der Waals surface area contributed by atoms with Gasteiger partial charge in [0, 0.05) is 40.2 Å². The van der Waals surface area contributed by atoms with Crippen LogP contribution in [0.1, 0.15) is 73.0 Å². The van der Waals surface area contributed by atoms with E-state index in [2.05, 4.69) is 19.2 Å². The van der Waals surface area contributed by atoms with E-state index in [4.69, 9.17) is 9.72 Å². The monoisotopic (exact) mass is 479 g/mol. The van der Waals surface area contributed by atoms with E-state index in [1.807, 2.05) is 6.92 Å². The van der Waals surface area contributed by atoms with Crippen molar-refractivity contribution < 1.29 is 19.3 Å². The lowest BCUT2D eigenvalue weighted by atomic mass is 9.81. The molecule has 3 N–H and O–H groups in total. The number of halogens is 1. The number of fused-ring (bicyclic) bond motifs is 5. The highest BCUT2D eigenvalue weighted by Crippen LogP contribution is 2.46. The normalized spacial score (nSPS) is 24.6. The van der Waals surface area contributed by atoms with Crippen LogP contribution >= 0.6 is 0 Å². The minimum atomic E-state index is -1.69. The number of aliphatic hydroxyl groups excluding tert-OH is 1. The van der Waals surface area contributed by atoms with E-state index < -0.39 is 11.9 Å². The molecule has 2 aromatic heterocycles. The van der Waals surface area contributed by atoms with Crippen molar-refractivity contribution in [3.63, 3.8) is 0 Å². The molecule has 6 rings (SSSR count). The van der Waals surface area contributed by atoms with Crippen LogP contribution in [0.2, 0.25) is 0 Å². The smallest absolute Gasteiger partial charge is 0.257 e. The first-order chi connectivity index (χ1) is 16.7. The molecule has 3 aromatic rings. The highest BCUT2D eigenvalue weighted by molar-refractivity contribution is 5.92. The third-order valence-electron chi connectivity index (χ3n) is 8.07. The van der Waals surface area contributed by atoms with Crippen LogP contribution in [0.15, 0.2) is 16.9 Å². The van der Waals surface area contributed by atoms with Crippen LogP contribution in [0.3, 0.4) is 0 Å². The lowest BCUT2D eigenvalue weighted by Gasteiger charge is -2.37. The molecule has 7 nitrogen and oxygen atoms in total. The zero-order valence-electron chi connectivity index (χ0n) is 20.4. The Kier molecular flexibility index (Phi) is 5.00. The molecule has 8 heteroatoms. The Morgan fingerprint density at radius 2 is 2.09 bits per heavy atom. The topological polar surface area (TPSA) is 96.6 Å². The molecule has 1 unspecified atom stereocenters. The van der Waals surface area contributed by atoms with Crippen LogP contribution in [0.25, 0.3) is 22.3 Å². The van der Waals surface area contributed by atoms with Crippen LogP contribution in [0.5, 0.6) is 0 Å². The predicted octanol–water partition coefficient (Wildman–Crippen LogP) is 3.30. The number of rotatable bonds is 3. The summed E-state index contributed by atoms with van der Waals surface area (Å²) in [5, 5.41) is 26.3. The van der Waals surface area contributed by atoms with Gasteiger partial charge in [-0.25, -0.2) is 9.37 Å². The van der Waals surface area contributed by atoms with Gasteiger partial charge in [-0.3, -0.25) is 4.79 Å². The minimum absolute atomic E-state index is 0.0592. The number of pyridine rings is 2. The van der Waals surface area contributed by atoms with Crippen molar-refractivity contribution in [3.05, 3.63) is 61.7 Å². The first-order valence-electron chi connectivity index (χ1n) is 12.4. The summed E-state index contributed by atoms with van der Waals surface area (Å²) in [6.07, 6.45) is 0.353. The molecule has 3 aliphatic rings. The van der Waals surface area contributed by atoms with Crippen LogP contribution in [0, 0.1) is 12.7 Å². The average Bonchev–Trinajstić information content (AvgIpc) is 3.19. The lowest BCUT2D eigenvalue weighted by molar-refractivity contribution is -0.236. The van der Waals surface area contributed by atoms with Gasteiger partial charge >= 0.3 is 0 Å². The van der Waals surface area contributed by atoms with Gasteiger partial charge in [-0.1, -0.05) is 20.8 Å². The number of hydrogen-bond acceptors (Lipinski definition) is 6. The maximum atomic E-state index is 14.9. The molecule has 0 saturated heterocycles. The molecule has 184 valence electrons. The van der Waals surface area contributed by atoms with Gasteiger partial charge in [-0.15, -0.1) is 0 Å². The fourth-order valence-electron chi connectivity index (χ4n) is 6.24. The average molecular weight is 480 g/mol. The summed E-state index contributed by atoms with van der Waals surface area (Å²) in [5.41, 5.74) is 4.30. The molecule has 0 saturated carbocycles. The summed E-state index contributed by atoms with van der Waals surface area (Å²) in [4.78, 5) is 18.5. The van der Waals surface area contributed by atoms with E-state index in [0.29, 0.717) is 40.1 Å². The predicted molar refractivity (Wildman–Crippen MR) is 130 cm³/mol. The maximum absolute atomic E-state index is 14.9. The summed E-state index contributed by atoms with van der Waals surface area (Å²) >= 11 is 0. The molecule has 0 amide bonds. The zero-order valence-corrected chi connectivity index (χ0v) is 20.4. The Morgan fingerprint density at radius 1 is 1.31 bits per heavy atom. The quantitative estimate of drug-likeness (QED) is 0.417. The molecule has 1 aliphatic carbocycles. The van der Waals surface area contributed by atoms with Gasteiger partial charge in [-0.2, -0.15) is 0 Å². The third kappa shape index (κ3) is 3.03. The second kappa shape index (κ2) is 7.67. The van der Waals surface area contributed by atoms with Crippen molar-refractivity contribution in [1.82, 2.24) is 14.9 Å². The van der Waals surface area contributed by atoms with Crippen LogP contribution in [-0.4, -0.2) is 32.1 Å². The van der Waals surface area contributed by atoms with E-state index >= 15 is 0 Å². The fraction of sp³-hybridized carbons (Fsp3) is 0.481. The Morgan fingerprint density at radius 3 is 2.80 bits per heavy atom. The second-order valence-electron chi connectivity index (χ2n) is 10.4. The Bertz CT molecular complexity index is 1460. The number of ether oxygens (including phenoxy) is 1. The Balaban J connectivity index is 1.67. The number of hydrogen-bond donors (Lipinski definition) is 3. The number of benzene rings is 1. The maximum Gasteiger partial charge on any atom is 0.257 e. The summed E-state index contributed by atoms with van der Waals surface area (Å²) in [6.45, 7) is 8.06. The second-order valence-corrected chi connectivity index (χ2v) is 10.4. The minimum Gasteiger partial charge on any atom is -0.380 e. The van der Waals surface area contributed by atoms with Crippen molar-refractivity contribution in [2.45, 2.75) is 84.1 Å². The molecule has 0 bridgehead atoms. The van der Waals surface area contributed by atoms with Gasteiger partial charge in [0.25, 0.3) is 5.56 Å². The van der Waals surface area contributed by atoms with Crippen LogP contribution in [0.4, 0.5) is 4.39 Å². The molecule has 0 spiro atoms. The van der Waals surface area contributed by atoms with Gasteiger partial charge in [0.05, 0.1) is 30.1 Å². The third-order valence-corrected chi connectivity index (χ3v) is 8.07.